The third-order valence-electron chi connectivity index (χ3n) is 3.20. The lowest BCUT2D eigenvalue weighted by molar-refractivity contribution is -0.137. The Bertz CT molecular complexity index is 799. The number of hydrogen-bond donors (Lipinski definition) is 1. The molecule has 0 heterocycles. The third-order valence-corrected chi connectivity index (χ3v) is 3.49. The number of amides is 1. The molecule has 0 aliphatic heterocycles. The van der Waals surface area contributed by atoms with Crippen LogP contribution < -0.4 is 10.1 Å². The molecular formula is C17H12ClF3N2O2. The van der Waals surface area contributed by atoms with Gasteiger partial charge in [-0.1, -0.05) is 23.7 Å². The first-order valence-corrected chi connectivity index (χ1v) is 7.42. The van der Waals surface area contributed by atoms with Crippen LogP contribution in [0.5, 0.6) is 5.75 Å². The van der Waals surface area contributed by atoms with E-state index < -0.39 is 11.7 Å². The topological polar surface area (TPSA) is 62.1 Å². The van der Waals surface area contributed by atoms with Crippen LogP contribution in [0.25, 0.3) is 0 Å². The van der Waals surface area contributed by atoms with Gasteiger partial charge in [0.25, 0.3) is 5.91 Å². The van der Waals surface area contributed by atoms with Crippen molar-refractivity contribution >= 4 is 17.5 Å². The first-order valence-electron chi connectivity index (χ1n) is 7.05. The van der Waals surface area contributed by atoms with Gasteiger partial charge in [-0.25, -0.2) is 0 Å². The Balaban J connectivity index is 2.00. The maximum absolute atomic E-state index is 12.6. The van der Waals surface area contributed by atoms with Crippen molar-refractivity contribution in [1.82, 2.24) is 5.32 Å². The van der Waals surface area contributed by atoms with E-state index in [1.165, 1.54) is 0 Å². The fourth-order valence-electron chi connectivity index (χ4n) is 1.93. The minimum Gasteiger partial charge on any atom is -0.487 e. The van der Waals surface area contributed by atoms with Gasteiger partial charge in [0.05, 0.1) is 16.7 Å². The van der Waals surface area contributed by atoms with Crippen molar-refractivity contribution in [2.24, 2.45) is 0 Å². The Hall–Kier alpha value is -2.72. The third kappa shape index (κ3) is 5.13. The van der Waals surface area contributed by atoms with Crippen molar-refractivity contribution in [2.45, 2.75) is 12.8 Å². The number of nitrogens with zero attached hydrogens (tertiary/aromatic N) is 1. The fraction of sp³-hybridized carbons (Fsp3) is 0.176. The van der Waals surface area contributed by atoms with E-state index in [0.717, 1.165) is 18.2 Å². The highest BCUT2D eigenvalue weighted by molar-refractivity contribution is 6.32. The monoisotopic (exact) mass is 368 g/mol. The minimum atomic E-state index is -4.47. The normalized spacial score (nSPS) is 10.8. The van der Waals surface area contributed by atoms with Crippen LogP contribution in [0.15, 0.2) is 42.5 Å². The maximum atomic E-state index is 12.6. The van der Waals surface area contributed by atoms with Gasteiger partial charge >= 0.3 is 6.18 Å². The van der Waals surface area contributed by atoms with E-state index in [2.05, 4.69) is 5.32 Å². The quantitative estimate of drug-likeness (QED) is 0.805. The Morgan fingerprint density at radius 3 is 2.44 bits per heavy atom. The van der Waals surface area contributed by atoms with Gasteiger partial charge in [-0.05, 0) is 35.9 Å². The average molecular weight is 369 g/mol. The van der Waals surface area contributed by atoms with Crippen molar-refractivity contribution in [3.05, 3.63) is 64.2 Å². The summed E-state index contributed by atoms with van der Waals surface area (Å²) in [5, 5.41) is 10.7. The van der Waals surface area contributed by atoms with Crippen LogP contribution in [0.2, 0.25) is 5.02 Å². The molecule has 0 saturated carbocycles. The summed E-state index contributed by atoms with van der Waals surface area (Å²) in [6.07, 6.45) is -4.47. The lowest BCUT2D eigenvalue weighted by atomic mass is 10.1. The Kier molecular flexibility index (Phi) is 5.88. The molecular weight excluding hydrogens is 357 g/mol. The number of nitrogens with one attached hydrogen (secondary N) is 1. The van der Waals surface area contributed by atoms with E-state index in [1.54, 1.807) is 30.3 Å². The molecule has 130 valence electrons. The van der Waals surface area contributed by atoms with Crippen molar-refractivity contribution in [2.75, 3.05) is 6.54 Å². The van der Waals surface area contributed by atoms with Crippen LogP contribution in [0.3, 0.4) is 0 Å². The van der Waals surface area contributed by atoms with Crippen molar-refractivity contribution < 1.29 is 22.7 Å². The minimum absolute atomic E-state index is 0.0746. The van der Waals surface area contributed by atoms with Gasteiger partial charge < -0.3 is 10.1 Å². The first-order chi connectivity index (χ1) is 11.8. The second-order valence-corrected chi connectivity index (χ2v) is 5.38. The standard InChI is InChI=1S/C17H12ClF3N2O2/c18-14-9-13(17(19,20)21)5-6-15(14)25-10-11-1-3-12(4-2-11)16(24)23-8-7-22/h1-6,9H,8,10H2,(H,23,24). The number of halogens is 4. The van der Waals surface area contributed by atoms with Crippen LogP contribution >= 0.6 is 11.6 Å². The van der Waals surface area contributed by atoms with Gasteiger partial charge in [0, 0.05) is 5.56 Å². The summed E-state index contributed by atoms with van der Waals surface area (Å²) in [4.78, 5) is 11.6. The molecule has 0 bridgehead atoms. The van der Waals surface area contributed by atoms with Gasteiger partial charge in [-0.3, -0.25) is 4.79 Å². The molecule has 0 aliphatic carbocycles. The van der Waals surface area contributed by atoms with Crippen LogP contribution in [0.1, 0.15) is 21.5 Å². The largest absolute Gasteiger partial charge is 0.487 e. The van der Waals surface area contributed by atoms with Gasteiger partial charge in [0.2, 0.25) is 0 Å². The number of ether oxygens (including phenoxy) is 1. The maximum Gasteiger partial charge on any atom is 0.416 e. The average Bonchev–Trinajstić information content (AvgIpc) is 2.58. The SMILES string of the molecule is N#CCNC(=O)c1ccc(COc2ccc(C(F)(F)F)cc2Cl)cc1. The molecule has 0 atom stereocenters. The molecule has 0 saturated heterocycles. The summed E-state index contributed by atoms with van der Waals surface area (Å²) in [5.41, 5.74) is 0.233. The fourth-order valence-corrected chi connectivity index (χ4v) is 2.16. The number of carbonyl (C=O) groups excluding carboxylic acids is 1. The van der Waals surface area contributed by atoms with Gasteiger partial charge in [0.15, 0.2) is 0 Å². The van der Waals surface area contributed by atoms with Gasteiger partial charge in [-0.2, -0.15) is 18.4 Å². The highest BCUT2D eigenvalue weighted by Crippen LogP contribution is 2.34. The summed E-state index contributed by atoms with van der Waals surface area (Å²) in [5.74, 6) is -0.245. The Morgan fingerprint density at radius 2 is 1.88 bits per heavy atom. The van der Waals surface area contributed by atoms with Gasteiger partial charge in [0.1, 0.15) is 18.9 Å². The molecule has 0 unspecified atom stereocenters. The number of hydrogen-bond acceptors (Lipinski definition) is 3. The number of alkyl halides is 3. The zero-order valence-electron chi connectivity index (χ0n) is 12.7. The van der Waals surface area contributed by atoms with E-state index in [1.807, 2.05) is 0 Å². The second kappa shape index (κ2) is 7.90. The number of carbonyl (C=O) groups is 1. The molecule has 2 aromatic carbocycles. The highest BCUT2D eigenvalue weighted by atomic mass is 35.5. The molecule has 2 aromatic rings. The molecule has 0 radical (unpaired) electrons. The Morgan fingerprint density at radius 1 is 1.20 bits per heavy atom. The van der Waals surface area contributed by atoms with Crippen LogP contribution in [0.4, 0.5) is 13.2 Å². The first kappa shape index (κ1) is 18.6. The smallest absolute Gasteiger partial charge is 0.416 e. The van der Waals surface area contributed by atoms with Crippen molar-refractivity contribution in [3.63, 3.8) is 0 Å². The zero-order chi connectivity index (χ0) is 18.4. The molecule has 1 N–H and O–H groups in total. The summed E-state index contributed by atoms with van der Waals surface area (Å²) < 4.78 is 43.2. The number of nitriles is 1. The Labute approximate surface area is 146 Å². The van der Waals surface area contributed by atoms with Crippen LogP contribution in [0, 0.1) is 11.3 Å². The van der Waals surface area contributed by atoms with Crippen molar-refractivity contribution in [3.8, 4) is 11.8 Å². The molecule has 0 fully saturated rings. The second-order valence-electron chi connectivity index (χ2n) is 4.97. The molecule has 1 amide bonds. The zero-order valence-corrected chi connectivity index (χ0v) is 13.5. The summed E-state index contributed by atoms with van der Waals surface area (Å²) in [6.45, 7) is -0.0126. The van der Waals surface area contributed by atoms with E-state index in [-0.39, 0.29) is 29.8 Å². The van der Waals surface area contributed by atoms with Crippen LogP contribution in [-0.4, -0.2) is 12.5 Å². The predicted octanol–water partition coefficient (Wildman–Crippen LogP) is 4.19. The molecule has 0 spiro atoms. The molecule has 0 aromatic heterocycles. The molecule has 4 nitrogen and oxygen atoms in total. The lowest BCUT2D eigenvalue weighted by Crippen LogP contribution is -2.23. The van der Waals surface area contributed by atoms with E-state index in [4.69, 9.17) is 21.6 Å². The molecule has 2 rings (SSSR count). The van der Waals surface area contributed by atoms with E-state index in [0.29, 0.717) is 11.1 Å². The van der Waals surface area contributed by atoms with Crippen LogP contribution in [-0.2, 0) is 12.8 Å². The predicted molar refractivity (Wildman–Crippen MR) is 85.2 cm³/mol. The van der Waals surface area contributed by atoms with Crippen molar-refractivity contribution in [1.29, 1.82) is 5.26 Å². The van der Waals surface area contributed by atoms with E-state index in [9.17, 15) is 18.0 Å². The summed E-state index contributed by atoms with van der Waals surface area (Å²) in [6, 6.07) is 11.0. The summed E-state index contributed by atoms with van der Waals surface area (Å²) in [7, 11) is 0. The molecule has 25 heavy (non-hydrogen) atoms. The van der Waals surface area contributed by atoms with Gasteiger partial charge in [-0.15, -0.1) is 0 Å². The summed E-state index contributed by atoms with van der Waals surface area (Å²) >= 11 is 5.81. The lowest BCUT2D eigenvalue weighted by Gasteiger charge is -2.11. The van der Waals surface area contributed by atoms with E-state index >= 15 is 0 Å². The molecule has 8 heteroatoms. The number of benzene rings is 2. The molecule has 0 aliphatic rings. The highest BCUT2D eigenvalue weighted by Gasteiger charge is 2.31. The number of rotatable bonds is 5.